The Hall–Kier alpha value is -1.15. The molecule has 2 saturated heterocycles. The molecular formula is C15H22N2O4S. The molecule has 0 spiro atoms. The molecule has 6 nitrogen and oxygen atoms in total. The van der Waals surface area contributed by atoms with Crippen LogP contribution in [-0.4, -0.2) is 69.4 Å². The minimum absolute atomic E-state index is 0.0412. The van der Waals surface area contributed by atoms with Gasteiger partial charge < -0.3 is 14.4 Å². The lowest BCUT2D eigenvalue weighted by Gasteiger charge is -2.28. The molecule has 2 aliphatic heterocycles. The molecule has 1 aromatic carbocycles. The topological polar surface area (TPSA) is 59.1 Å². The summed E-state index contributed by atoms with van der Waals surface area (Å²) in [6, 6.07) is 7.42. The van der Waals surface area contributed by atoms with Crippen molar-refractivity contribution in [1.29, 1.82) is 0 Å². The van der Waals surface area contributed by atoms with E-state index in [0.29, 0.717) is 13.1 Å². The first-order chi connectivity index (χ1) is 10.5. The lowest BCUT2D eigenvalue weighted by Crippen LogP contribution is -2.45. The third-order valence-corrected chi connectivity index (χ3v) is 6.11. The number of ether oxygens (including phenoxy) is 2. The first-order valence-corrected chi connectivity index (χ1v) is 9.03. The van der Waals surface area contributed by atoms with Crippen molar-refractivity contribution in [2.75, 3.05) is 39.6 Å². The number of hydrogen-bond acceptors (Lipinski definition) is 5. The van der Waals surface area contributed by atoms with E-state index in [2.05, 4.69) is 4.90 Å². The van der Waals surface area contributed by atoms with E-state index in [1.165, 1.54) is 0 Å². The van der Waals surface area contributed by atoms with E-state index >= 15 is 0 Å². The maximum atomic E-state index is 12.6. The molecule has 2 heterocycles. The second kappa shape index (κ2) is 6.16. The molecular weight excluding hydrogens is 304 g/mol. The molecule has 0 bridgehead atoms. The highest BCUT2D eigenvalue weighted by Gasteiger charge is 2.43. The standard InChI is InChI=1S/C15H22N2O4S/c1-16-10-14-15(11-16)21-7-8-22(18,19)17(14)9-12-3-5-13(20-2)6-4-12/h3-6,14-15H,7-11H2,1-2H3/t14-,15+/m1/s1. The predicted molar refractivity (Wildman–Crippen MR) is 83.3 cm³/mol. The zero-order chi connectivity index (χ0) is 15.7. The smallest absolute Gasteiger partial charge is 0.217 e. The molecule has 0 N–H and O–H groups in total. The van der Waals surface area contributed by atoms with E-state index in [0.717, 1.165) is 17.9 Å². The number of rotatable bonds is 3. The monoisotopic (exact) mass is 326 g/mol. The summed E-state index contributed by atoms with van der Waals surface area (Å²) < 4.78 is 37.7. The molecule has 3 rings (SSSR count). The molecule has 0 amide bonds. The number of likely N-dealkylation sites (N-methyl/N-ethyl adjacent to an activating group) is 1. The Balaban J connectivity index is 1.86. The number of hydrogen-bond donors (Lipinski definition) is 0. The summed E-state index contributed by atoms with van der Waals surface area (Å²) in [7, 11) is 0.311. The molecule has 2 atom stereocenters. The van der Waals surface area contributed by atoms with Crippen molar-refractivity contribution < 1.29 is 17.9 Å². The van der Waals surface area contributed by atoms with Gasteiger partial charge >= 0.3 is 0 Å². The third-order valence-electron chi connectivity index (χ3n) is 4.32. The molecule has 0 saturated carbocycles. The molecule has 0 unspecified atom stereocenters. The SMILES string of the molecule is COc1ccc(CN2[C@@H]3CN(C)C[C@@H]3OCCS2(=O)=O)cc1. The van der Waals surface area contributed by atoms with Gasteiger partial charge in [0.05, 0.1) is 31.6 Å². The van der Waals surface area contributed by atoms with Crippen LogP contribution in [0.4, 0.5) is 0 Å². The van der Waals surface area contributed by atoms with Crippen LogP contribution in [0.2, 0.25) is 0 Å². The van der Waals surface area contributed by atoms with Gasteiger partial charge in [0.1, 0.15) is 5.75 Å². The van der Waals surface area contributed by atoms with Crippen LogP contribution >= 0.6 is 0 Å². The highest BCUT2D eigenvalue weighted by Crippen LogP contribution is 2.26. The van der Waals surface area contributed by atoms with Crippen molar-refractivity contribution in [3.63, 3.8) is 0 Å². The van der Waals surface area contributed by atoms with Crippen LogP contribution in [0.3, 0.4) is 0 Å². The quantitative estimate of drug-likeness (QED) is 0.811. The number of benzene rings is 1. The summed E-state index contributed by atoms with van der Waals surface area (Å²) in [5, 5.41) is 0. The maximum Gasteiger partial charge on any atom is 0.217 e. The third kappa shape index (κ3) is 3.12. The molecule has 0 radical (unpaired) electrons. The van der Waals surface area contributed by atoms with Crippen LogP contribution in [0.1, 0.15) is 5.56 Å². The summed E-state index contributed by atoms with van der Waals surface area (Å²) in [5.41, 5.74) is 0.958. The van der Waals surface area contributed by atoms with Gasteiger partial charge in [0.25, 0.3) is 0 Å². The van der Waals surface area contributed by atoms with Gasteiger partial charge in [-0.1, -0.05) is 12.1 Å². The van der Waals surface area contributed by atoms with Crippen LogP contribution in [0.25, 0.3) is 0 Å². The van der Waals surface area contributed by atoms with Gasteiger partial charge in [-0.05, 0) is 24.7 Å². The molecule has 7 heteroatoms. The fourth-order valence-electron chi connectivity index (χ4n) is 3.14. The Morgan fingerprint density at radius 1 is 1.27 bits per heavy atom. The first-order valence-electron chi connectivity index (χ1n) is 7.42. The lowest BCUT2D eigenvalue weighted by atomic mass is 10.1. The molecule has 0 aromatic heterocycles. The van der Waals surface area contributed by atoms with Crippen molar-refractivity contribution in [2.45, 2.75) is 18.7 Å². The van der Waals surface area contributed by atoms with E-state index in [1.807, 2.05) is 31.3 Å². The Bertz CT molecular complexity index is 617. The van der Waals surface area contributed by atoms with Gasteiger partial charge in [-0.25, -0.2) is 8.42 Å². The van der Waals surface area contributed by atoms with Gasteiger partial charge in [0.2, 0.25) is 10.0 Å². The normalized spacial score (nSPS) is 29.0. The van der Waals surface area contributed by atoms with Gasteiger partial charge in [0, 0.05) is 19.6 Å². The van der Waals surface area contributed by atoms with Gasteiger partial charge in [-0.2, -0.15) is 4.31 Å². The molecule has 122 valence electrons. The maximum absolute atomic E-state index is 12.6. The molecule has 2 fully saturated rings. The van der Waals surface area contributed by atoms with E-state index in [4.69, 9.17) is 9.47 Å². The fourth-order valence-corrected chi connectivity index (χ4v) is 4.64. The van der Waals surface area contributed by atoms with Crippen LogP contribution in [-0.2, 0) is 21.3 Å². The zero-order valence-electron chi connectivity index (χ0n) is 12.9. The number of sulfonamides is 1. The first kappa shape index (κ1) is 15.7. The summed E-state index contributed by atoms with van der Waals surface area (Å²) in [6.07, 6.45) is -0.0412. The van der Waals surface area contributed by atoms with E-state index in [9.17, 15) is 8.42 Å². The van der Waals surface area contributed by atoms with E-state index < -0.39 is 10.0 Å². The average Bonchev–Trinajstić information content (AvgIpc) is 2.80. The van der Waals surface area contributed by atoms with Crippen LogP contribution in [0, 0.1) is 0 Å². The highest BCUT2D eigenvalue weighted by molar-refractivity contribution is 7.89. The summed E-state index contributed by atoms with van der Waals surface area (Å²) in [5.74, 6) is 0.823. The number of nitrogens with zero attached hydrogens (tertiary/aromatic N) is 2. The largest absolute Gasteiger partial charge is 0.497 e. The Morgan fingerprint density at radius 2 is 2.00 bits per heavy atom. The van der Waals surface area contributed by atoms with Gasteiger partial charge in [0.15, 0.2) is 0 Å². The zero-order valence-corrected chi connectivity index (χ0v) is 13.8. The Morgan fingerprint density at radius 3 is 2.68 bits per heavy atom. The molecule has 2 aliphatic rings. The summed E-state index contributed by atoms with van der Waals surface area (Å²) in [4.78, 5) is 2.12. The van der Waals surface area contributed by atoms with Crippen LogP contribution in [0.15, 0.2) is 24.3 Å². The highest BCUT2D eigenvalue weighted by atomic mass is 32.2. The Labute approximate surface area is 131 Å². The molecule has 22 heavy (non-hydrogen) atoms. The van der Waals surface area contributed by atoms with Crippen molar-refractivity contribution in [3.05, 3.63) is 29.8 Å². The van der Waals surface area contributed by atoms with Crippen molar-refractivity contribution in [3.8, 4) is 5.75 Å². The second-order valence-electron chi connectivity index (χ2n) is 5.91. The Kier molecular flexibility index (Phi) is 4.40. The number of fused-ring (bicyclic) bond motifs is 1. The lowest BCUT2D eigenvalue weighted by molar-refractivity contribution is 0.0469. The van der Waals surface area contributed by atoms with Crippen LogP contribution < -0.4 is 4.74 Å². The van der Waals surface area contributed by atoms with Crippen molar-refractivity contribution in [2.24, 2.45) is 0 Å². The van der Waals surface area contributed by atoms with Gasteiger partial charge in [-0.3, -0.25) is 0 Å². The van der Waals surface area contributed by atoms with Crippen molar-refractivity contribution >= 4 is 10.0 Å². The summed E-state index contributed by atoms with van der Waals surface area (Å²) in [6.45, 7) is 2.14. The van der Waals surface area contributed by atoms with Gasteiger partial charge in [-0.15, -0.1) is 0 Å². The van der Waals surface area contributed by atoms with E-state index in [-0.39, 0.29) is 24.5 Å². The minimum atomic E-state index is -3.30. The molecule has 1 aromatic rings. The summed E-state index contributed by atoms with van der Waals surface area (Å²) >= 11 is 0. The van der Waals surface area contributed by atoms with Crippen LogP contribution in [0.5, 0.6) is 5.75 Å². The fraction of sp³-hybridized carbons (Fsp3) is 0.600. The van der Waals surface area contributed by atoms with Crippen molar-refractivity contribution in [1.82, 2.24) is 9.21 Å². The minimum Gasteiger partial charge on any atom is -0.497 e. The number of likely N-dealkylation sites (tertiary alicyclic amines) is 1. The average molecular weight is 326 g/mol. The second-order valence-corrected chi connectivity index (χ2v) is 7.95. The predicted octanol–water partition coefficient (Wildman–Crippen LogP) is 0.540. The molecule has 0 aliphatic carbocycles. The number of methoxy groups -OCH3 is 1. The van der Waals surface area contributed by atoms with E-state index in [1.54, 1.807) is 11.4 Å².